The zero-order valence-electron chi connectivity index (χ0n) is 11.2. The maximum atomic E-state index is 12.1. The summed E-state index contributed by atoms with van der Waals surface area (Å²) < 4.78 is 0. The number of hydrogen-bond donors (Lipinski definition) is 2. The van der Waals surface area contributed by atoms with E-state index in [0.717, 1.165) is 16.8 Å². The zero-order valence-corrected chi connectivity index (χ0v) is 12.7. The largest absolute Gasteiger partial charge is 0.371 e. The van der Waals surface area contributed by atoms with Crippen LogP contribution in [0.5, 0.6) is 0 Å². The lowest BCUT2D eigenvalue weighted by atomic mass is 9.94. The lowest BCUT2D eigenvalue weighted by Gasteiger charge is -2.28. The van der Waals surface area contributed by atoms with Crippen molar-refractivity contribution < 1.29 is 4.79 Å². The molecular weight excluding hydrogens is 307 g/mol. The molecule has 5 heteroatoms. The van der Waals surface area contributed by atoms with Gasteiger partial charge in [0.15, 0.2) is 0 Å². The van der Waals surface area contributed by atoms with E-state index in [1.165, 1.54) is 0 Å². The Morgan fingerprint density at radius 2 is 1.76 bits per heavy atom. The van der Waals surface area contributed by atoms with Gasteiger partial charge in [-0.1, -0.05) is 35.3 Å². The number of nitrogens with one attached hydrogen (secondary N) is 1. The van der Waals surface area contributed by atoms with Gasteiger partial charge in [-0.3, -0.25) is 4.79 Å². The van der Waals surface area contributed by atoms with E-state index in [9.17, 15) is 4.79 Å². The topological polar surface area (TPSA) is 55.1 Å². The van der Waals surface area contributed by atoms with Gasteiger partial charge in [0.1, 0.15) is 5.54 Å². The Morgan fingerprint density at radius 1 is 1.05 bits per heavy atom. The summed E-state index contributed by atoms with van der Waals surface area (Å²) in [7, 11) is 0. The fourth-order valence-corrected chi connectivity index (χ4v) is 3.20. The average molecular weight is 321 g/mol. The summed E-state index contributed by atoms with van der Waals surface area (Å²) in [6, 6.07) is 12.9. The first-order valence-corrected chi connectivity index (χ1v) is 7.35. The molecule has 0 aliphatic heterocycles. The summed E-state index contributed by atoms with van der Waals surface area (Å²) in [6.07, 6.45) is 1.06. The molecule has 108 valence electrons. The van der Waals surface area contributed by atoms with Crippen LogP contribution in [0.1, 0.15) is 11.1 Å². The molecule has 2 aromatic carbocycles. The van der Waals surface area contributed by atoms with E-state index in [-0.39, 0.29) is 5.91 Å². The van der Waals surface area contributed by atoms with Crippen LogP contribution < -0.4 is 11.1 Å². The number of primary amides is 1. The van der Waals surface area contributed by atoms with Gasteiger partial charge in [0.25, 0.3) is 0 Å². The molecule has 0 fully saturated rings. The van der Waals surface area contributed by atoms with E-state index in [1.807, 2.05) is 30.3 Å². The van der Waals surface area contributed by atoms with Crippen molar-refractivity contribution in [1.82, 2.24) is 0 Å². The van der Waals surface area contributed by atoms with Crippen LogP contribution in [0, 0.1) is 0 Å². The molecule has 21 heavy (non-hydrogen) atoms. The van der Waals surface area contributed by atoms with E-state index in [2.05, 4.69) is 5.32 Å². The molecule has 3 nitrogen and oxygen atoms in total. The Morgan fingerprint density at radius 3 is 2.48 bits per heavy atom. The minimum atomic E-state index is -0.836. The van der Waals surface area contributed by atoms with Crippen molar-refractivity contribution in [3.05, 3.63) is 63.6 Å². The smallest absolute Gasteiger partial charge is 0.243 e. The van der Waals surface area contributed by atoms with Gasteiger partial charge in [-0.2, -0.15) is 0 Å². The molecule has 3 rings (SSSR count). The lowest BCUT2D eigenvalue weighted by Crippen LogP contribution is -2.51. The van der Waals surface area contributed by atoms with Gasteiger partial charge in [0, 0.05) is 28.6 Å². The van der Waals surface area contributed by atoms with E-state index in [1.54, 1.807) is 12.1 Å². The Kier molecular flexibility index (Phi) is 3.56. The van der Waals surface area contributed by atoms with E-state index >= 15 is 0 Å². The fraction of sp³-hybridized carbons (Fsp3) is 0.188. The first-order valence-electron chi connectivity index (χ1n) is 6.59. The minimum absolute atomic E-state index is 0.380. The summed E-state index contributed by atoms with van der Waals surface area (Å²) in [5.74, 6) is -0.380. The van der Waals surface area contributed by atoms with Crippen LogP contribution in [0.3, 0.4) is 0 Å². The quantitative estimate of drug-likeness (QED) is 0.910. The Bertz CT molecular complexity index is 717. The number of halogens is 2. The molecule has 1 unspecified atom stereocenters. The number of carbonyl (C=O) groups is 1. The lowest BCUT2D eigenvalue weighted by molar-refractivity contribution is -0.122. The first kappa shape index (κ1) is 14.2. The Balaban J connectivity index is 1.95. The molecule has 1 amide bonds. The van der Waals surface area contributed by atoms with Crippen LogP contribution in [0.4, 0.5) is 5.69 Å². The summed E-state index contributed by atoms with van der Waals surface area (Å²) in [4.78, 5) is 12.1. The van der Waals surface area contributed by atoms with Crippen LogP contribution in [0.15, 0.2) is 42.5 Å². The number of fused-ring (bicyclic) bond motifs is 1. The van der Waals surface area contributed by atoms with Gasteiger partial charge in [-0.05, 0) is 41.5 Å². The standard InChI is InChI=1S/C16H14Cl2N2O/c17-12-2-1-3-14(7-12)20-16(15(19)21)8-10-4-5-13(18)6-11(10)9-16/h1-7,20H,8-9H2,(H2,19,21). The highest BCUT2D eigenvalue weighted by molar-refractivity contribution is 6.31. The normalized spacial score (nSPS) is 20.1. The number of amides is 1. The van der Waals surface area contributed by atoms with Gasteiger partial charge in [0.05, 0.1) is 0 Å². The summed E-state index contributed by atoms with van der Waals surface area (Å²) >= 11 is 12.0. The van der Waals surface area contributed by atoms with Gasteiger partial charge < -0.3 is 11.1 Å². The van der Waals surface area contributed by atoms with Crippen molar-refractivity contribution >= 4 is 34.8 Å². The van der Waals surface area contributed by atoms with Crippen molar-refractivity contribution in [3.63, 3.8) is 0 Å². The highest BCUT2D eigenvalue weighted by atomic mass is 35.5. The Hall–Kier alpha value is -1.71. The van der Waals surface area contributed by atoms with Gasteiger partial charge in [-0.15, -0.1) is 0 Å². The second-order valence-electron chi connectivity index (χ2n) is 5.35. The highest BCUT2D eigenvalue weighted by Gasteiger charge is 2.42. The molecule has 0 bridgehead atoms. The molecule has 0 heterocycles. The minimum Gasteiger partial charge on any atom is -0.371 e. The van der Waals surface area contributed by atoms with Crippen LogP contribution in [-0.4, -0.2) is 11.4 Å². The van der Waals surface area contributed by atoms with Crippen LogP contribution in [0.2, 0.25) is 10.0 Å². The molecule has 0 saturated heterocycles. The van der Waals surface area contributed by atoms with Crippen molar-refractivity contribution in [2.75, 3.05) is 5.32 Å². The molecule has 1 atom stereocenters. The summed E-state index contributed by atoms with van der Waals surface area (Å²) in [5.41, 5.74) is 7.75. The van der Waals surface area contributed by atoms with Crippen molar-refractivity contribution in [2.24, 2.45) is 5.73 Å². The summed E-state index contributed by atoms with van der Waals surface area (Å²) in [5, 5.41) is 4.53. The second-order valence-corrected chi connectivity index (χ2v) is 6.22. The highest BCUT2D eigenvalue weighted by Crippen LogP contribution is 2.34. The average Bonchev–Trinajstić information content (AvgIpc) is 2.77. The SMILES string of the molecule is NC(=O)C1(Nc2cccc(Cl)c2)Cc2ccc(Cl)cc2C1. The number of carbonyl (C=O) groups excluding carboxylic acids is 1. The Labute approximate surface area is 133 Å². The second kappa shape index (κ2) is 5.24. The molecule has 0 saturated carbocycles. The molecule has 2 aromatic rings. The number of benzene rings is 2. The monoisotopic (exact) mass is 320 g/mol. The van der Waals surface area contributed by atoms with Crippen LogP contribution in [-0.2, 0) is 17.6 Å². The zero-order chi connectivity index (χ0) is 15.0. The predicted octanol–water partition coefficient (Wildman–Crippen LogP) is 3.43. The van der Waals surface area contributed by atoms with E-state index in [4.69, 9.17) is 28.9 Å². The molecule has 1 aliphatic carbocycles. The summed E-state index contributed by atoms with van der Waals surface area (Å²) in [6.45, 7) is 0. The third kappa shape index (κ3) is 2.71. The molecule has 1 aliphatic rings. The van der Waals surface area contributed by atoms with Crippen molar-refractivity contribution in [2.45, 2.75) is 18.4 Å². The number of rotatable bonds is 3. The molecule has 3 N–H and O–H groups in total. The van der Waals surface area contributed by atoms with Crippen molar-refractivity contribution in [3.8, 4) is 0 Å². The van der Waals surface area contributed by atoms with E-state index < -0.39 is 5.54 Å². The first-order chi connectivity index (χ1) is 9.98. The van der Waals surface area contributed by atoms with Gasteiger partial charge >= 0.3 is 0 Å². The fourth-order valence-electron chi connectivity index (χ4n) is 2.81. The van der Waals surface area contributed by atoms with Gasteiger partial charge in [-0.25, -0.2) is 0 Å². The number of nitrogens with two attached hydrogens (primary N) is 1. The maximum absolute atomic E-state index is 12.1. The van der Waals surface area contributed by atoms with Crippen molar-refractivity contribution in [1.29, 1.82) is 0 Å². The molecular formula is C16H14Cl2N2O. The van der Waals surface area contributed by atoms with E-state index in [0.29, 0.717) is 22.9 Å². The molecule has 0 spiro atoms. The van der Waals surface area contributed by atoms with Crippen LogP contribution in [0.25, 0.3) is 0 Å². The maximum Gasteiger partial charge on any atom is 0.243 e. The third-order valence-corrected chi connectivity index (χ3v) is 4.30. The van der Waals surface area contributed by atoms with Crippen LogP contribution >= 0.6 is 23.2 Å². The molecule has 0 radical (unpaired) electrons. The third-order valence-electron chi connectivity index (χ3n) is 3.83. The number of hydrogen-bond acceptors (Lipinski definition) is 2. The molecule has 0 aromatic heterocycles. The van der Waals surface area contributed by atoms with Gasteiger partial charge in [0.2, 0.25) is 5.91 Å². The predicted molar refractivity (Wildman–Crippen MR) is 85.9 cm³/mol. The number of anilines is 1.